The van der Waals surface area contributed by atoms with E-state index in [0.29, 0.717) is 5.56 Å². The number of nitrogens with one attached hydrogen (secondary N) is 2. The molecular weight excluding hydrogens is 346 g/mol. The molecule has 0 aliphatic carbocycles. The summed E-state index contributed by atoms with van der Waals surface area (Å²) in [6, 6.07) is 11.2. The predicted molar refractivity (Wildman–Crippen MR) is 98.8 cm³/mol. The Morgan fingerprint density at radius 2 is 2.11 bits per heavy atom. The number of benzene rings is 1. The number of H-pyrrole nitrogens is 1. The smallest absolute Gasteiger partial charge is 0.259 e. The van der Waals surface area contributed by atoms with Crippen LogP contribution in [0.1, 0.15) is 11.5 Å². The van der Waals surface area contributed by atoms with Crippen molar-refractivity contribution in [3.05, 3.63) is 70.6 Å². The molecular formula is C19H17N5O3. The molecule has 0 radical (unpaired) electrons. The van der Waals surface area contributed by atoms with Crippen LogP contribution in [0.4, 0.5) is 0 Å². The molecule has 136 valence electrons. The van der Waals surface area contributed by atoms with Crippen molar-refractivity contribution in [1.82, 2.24) is 25.0 Å². The zero-order chi connectivity index (χ0) is 18.8. The molecule has 0 unspecified atom stereocenters. The van der Waals surface area contributed by atoms with Crippen molar-refractivity contribution in [1.29, 1.82) is 0 Å². The van der Waals surface area contributed by atoms with Gasteiger partial charge in [0.15, 0.2) is 0 Å². The van der Waals surface area contributed by atoms with Crippen molar-refractivity contribution >= 4 is 16.8 Å². The number of carbonyl (C=O) groups excluding carboxylic acids is 1. The van der Waals surface area contributed by atoms with Crippen LogP contribution >= 0.6 is 0 Å². The molecule has 1 aromatic carbocycles. The zero-order valence-corrected chi connectivity index (χ0v) is 14.6. The number of nitrogens with zero attached hydrogens (tertiary/aromatic N) is 3. The number of aryl methyl sites for hydroxylation is 1. The summed E-state index contributed by atoms with van der Waals surface area (Å²) in [5.74, 6) is 0.276. The van der Waals surface area contributed by atoms with Gasteiger partial charge >= 0.3 is 0 Å². The third-order valence-corrected chi connectivity index (χ3v) is 4.29. The highest BCUT2D eigenvalue weighted by Crippen LogP contribution is 2.20. The Morgan fingerprint density at radius 3 is 2.96 bits per heavy atom. The molecule has 3 aromatic heterocycles. The van der Waals surface area contributed by atoms with E-state index in [1.54, 1.807) is 12.1 Å². The predicted octanol–water partition coefficient (Wildman–Crippen LogP) is 1.78. The molecule has 27 heavy (non-hydrogen) atoms. The first-order valence-electron chi connectivity index (χ1n) is 8.42. The van der Waals surface area contributed by atoms with Gasteiger partial charge in [0.25, 0.3) is 5.56 Å². The summed E-state index contributed by atoms with van der Waals surface area (Å²) in [7, 11) is 1.95. The SMILES string of the molecule is Cn1cc(CC(=O)NCc2nc(-c3ccc[nH]c3=O)no2)c2ccccc21. The van der Waals surface area contributed by atoms with Crippen LogP contribution < -0.4 is 10.9 Å². The molecule has 0 aliphatic rings. The molecule has 8 nitrogen and oxygen atoms in total. The summed E-state index contributed by atoms with van der Waals surface area (Å²) >= 11 is 0. The second-order valence-electron chi connectivity index (χ2n) is 6.16. The van der Waals surface area contributed by atoms with Crippen LogP contribution in [0, 0.1) is 0 Å². The van der Waals surface area contributed by atoms with Gasteiger partial charge in [-0.3, -0.25) is 9.59 Å². The van der Waals surface area contributed by atoms with Crippen molar-refractivity contribution in [2.45, 2.75) is 13.0 Å². The number of pyridine rings is 1. The van der Waals surface area contributed by atoms with E-state index >= 15 is 0 Å². The fourth-order valence-corrected chi connectivity index (χ4v) is 3.01. The lowest BCUT2D eigenvalue weighted by Gasteiger charge is -2.01. The van der Waals surface area contributed by atoms with Gasteiger partial charge in [-0.2, -0.15) is 4.98 Å². The summed E-state index contributed by atoms with van der Waals surface area (Å²) in [6.07, 6.45) is 3.73. The minimum absolute atomic E-state index is 0.0985. The summed E-state index contributed by atoms with van der Waals surface area (Å²) in [6.45, 7) is 0.0985. The number of aromatic nitrogens is 4. The summed E-state index contributed by atoms with van der Waals surface area (Å²) in [5.41, 5.74) is 2.04. The maximum atomic E-state index is 12.3. The van der Waals surface area contributed by atoms with E-state index in [2.05, 4.69) is 20.4 Å². The third kappa shape index (κ3) is 3.37. The number of aromatic amines is 1. The van der Waals surface area contributed by atoms with Crippen LogP contribution in [0.2, 0.25) is 0 Å². The van der Waals surface area contributed by atoms with Crippen molar-refractivity contribution in [2.24, 2.45) is 7.05 Å². The average molecular weight is 363 g/mol. The molecule has 0 saturated heterocycles. The van der Waals surface area contributed by atoms with E-state index in [1.165, 1.54) is 6.20 Å². The van der Waals surface area contributed by atoms with Crippen LogP contribution in [0.3, 0.4) is 0 Å². The fraction of sp³-hybridized carbons (Fsp3) is 0.158. The lowest BCUT2D eigenvalue weighted by Crippen LogP contribution is -2.24. The monoisotopic (exact) mass is 363 g/mol. The van der Waals surface area contributed by atoms with E-state index in [4.69, 9.17) is 4.52 Å². The van der Waals surface area contributed by atoms with Crippen molar-refractivity contribution in [2.75, 3.05) is 0 Å². The van der Waals surface area contributed by atoms with Crippen molar-refractivity contribution in [3.8, 4) is 11.4 Å². The van der Waals surface area contributed by atoms with Gasteiger partial charge in [-0.15, -0.1) is 0 Å². The van der Waals surface area contributed by atoms with Gasteiger partial charge in [-0.1, -0.05) is 23.4 Å². The molecule has 0 bridgehead atoms. The third-order valence-electron chi connectivity index (χ3n) is 4.29. The van der Waals surface area contributed by atoms with Crippen LogP contribution in [0.5, 0.6) is 0 Å². The normalized spacial score (nSPS) is 11.0. The van der Waals surface area contributed by atoms with Gasteiger partial charge in [-0.25, -0.2) is 0 Å². The number of fused-ring (bicyclic) bond motifs is 1. The standard InChI is InChI=1S/C19H17N5O3/c1-24-11-12(13-5-2-3-7-15(13)24)9-16(25)21-10-17-22-18(23-27-17)14-6-4-8-20-19(14)26/h2-8,11H,9-10H2,1H3,(H,20,26)(H,21,25). The van der Waals surface area contributed by atoms with Gasteiger partial charge in [-0.05, 0) is 23.8 Å². The highest BCUT2D eigenvalue weighted by molar-refractivity contribution is 5.89. The largest absolute Gasteiger partial charge is 0.350 e. The highest BCUT2D eigenvalue weighted by Gasteiger charge is 2.14. The maximum Gasteiger partial charge on any atom is 0.259 e. The van der Waals surface area contributed by atoms with Gasteiger partial charge in [0.05, 0.1) is 18.5 Å². The summed E-state index contributed by atoms with van der Waals surface area (Å²) < 4.78 is 7.12. The lowest BCUT2D eigenvalue weighted by atomic mass is 10.1. The molecule has 4 aromatic rings. The molecule has 0 fully saturated rings. The first-order chi connectivity index (χ1) is 13.1. The zero-order valence-electron chi connectivity index (χ0n) is 14.6. The molecule has 4 rings (SSSR count). The van der Waals surface area contributed by atoms with Crippen LogP contribution in [0.25, 0.3) is 22.3 Å². The van der Waals surface area contributed by atoms with Crippen LogP contribution in [-0.4, -0.2) is 25.6 Å². The molecule has 0 atom stereocenters. The Hall–Kier alpha value is -3.68. The Bertz CT molecular complexity index is 1170. The molecule has 3 heterocycles. The quantitative estimate of drug-likeness (QED) is 0.562. The first-order valence-corrected chi connectivity index (χ1v) is 8.42. The van der Waals surface area contributed by atoms with Crippen LogP contribution in [0.15, 0.2) is 58.1 Å². The Labute approximate surface area is 153 Å². The second-order valence-corrected chi connectivity index (χ2v) is 6.16. The second kappa shape index (κ2) is 6.91. The highest BCUT2D eigenvalue weighted by atomic mass is 16.5. The van der Waals surface area contributed by atoms with Crippen molar-refractivity contribution in [3.63, 3.8) is 0 Å². The first kappa shape index (κ1) is 16.8. The maximum absolute atomic E-state index is 12.3. The van der Waals surface area contributed by atoms with E-state index < -0.39 is 0 Å². The van der Waals surface area contributed by atoms with E-state index in [1.807, 2.05) is 42.1 Å². The minimum Gasteiger partial charge on any atom is -0.350 e. The Kier molecular flexibility index (Phi) is 4.29. The average Bonchev–Trinajstić information content (AvgIpc) is 3.26. The number of carbonyl (C=O) groups is 1. The number of para-hydroxylation sites is 1. The molecule has 0 spiro atoms. The summed E-state index contributed by atoms with van der Waals surface area (Å²) in [4.78, 5) is 30.8. The molecule has 0 saturated carbocycles. The number of hydrogen-bond donors (Lipinski definition) is 2. The van der Waals surface area contributed by atoms with E-state index in [0.717, 1.165) is 16.5 Å². The van der Waals surface area contributed by atoms with Crippen molar-refractivity contribution < 1.29 is 9.32 Å². The number of hydrogen-bond acceptors (Lipinski definition) is 5. The summed E-state index contributed by atoms with van der Waals surface area (Å²) in [5, 5.41) is 7.62. The minimum atomic E-state index is -0.301. The number of rotatable bonds is 5. The van der Waals surface area contributed by atoms with Gasteiger partial charge < -0.3 is 19.4 Å². The van der Waals surface area contributed by atoms with Gasteiger partial charge in [0.2, 0.25) is 17.6 Å². The molecule has 1 amide bonds. The van der Waals surface area contributed by atoms with E-state index in [-0.39, 0.29) is 36.1 Å². The molecule has 2 N–H and O–H groups in total. The van der Waals surface area contributed by atoms with E-state index in [9.17, 15) is 9.59 Å². The molecule has 0 aliphatic heterocycles. The Morgan fingerprint density at radius 1 is 1.26 bits per heavy atom. The van der Waals surface area contributed by atoms with Gasteiger partial charge in [0, 0.05) is 30.3 Å². The van der Waals surface area contributed by atoms with Gasteiger partial charge in [0.1, 0.15) is 0 Å². The Balaban J connectivity index is 1.43. The molecule has 8 heteroatoms. The van der Waals surface area contributed by atoms with Crippen LogP contribution in [-0.2, 0) is 24.8 Å². The topological polar surface area (TPSA) is 106 Å². The fourth-order valence-electron chi connectivity index (χ4n) is 3.01. The lowest BCUT2D eigenvalue weighted by molar-refractivity contribution is -0.120. The number of amides is 1.